The van der Waals surface area contributed by atoms with Crippen LogP contribution in [0.2, 0.25) is 0 Å². The van der Waals surface area contributed by atoms with Gasteiger partial charge in [-0.15, -0.1) is 0 Å². The van der Waals surface area contributed by atoms with Gasteiger partial charge in [0.1, 0.15) is 6.67 Å². The van der Waals surface area contributed by atoms with Gasteiger partial charge in [-0.2, -0.15) is 0 Å². The number of halogens is 2. The molecule has 1 rings (SSSR count). The first kappa shape index (κ1) is 8.49. The monoisotopic (exact) mass is 218 g/mol. The highest BCUT2D eigenvalue weighted by molar-refractivity contribution is 9.10. The highest BCUT2D eigenvalue weighted by Crippen LogP contribution is 2.25. The average Bonchev–Trinajstić information content (AvgIpc) is 2.05. The molecule has 0 unspecified atom stereocenters. The second-order valence-electron chi connectivity index (χ2n) is 2.06. The summed E-state index contributed by atoms with van der Waals surface area (Å²) in [5.41, 5.74) is 3.75. The van der Waals surface area contributed by atoms with Gasteiger partial charge in [0, 0.05) is 4.47 Å². The van der Waals surface area contributed by atoms with Gasteiger partial charge >= 0.3 is 0 Å². The predicted molar refractivity (Wildman–Crippen MR) is 46.8 cm³/mol. The molecule has 2 nitrogen and oxygen atoms in total. The average molecular weight is 219 g/mol. The molecule has 0 aliphatic carbocycles. The molecule has 0 saturated heterocycles. The van der Waals surface area contributed by atoms with Crippen LogP contribution in [0.3, 0.4) is 0 Å². The van der Waals surface area contributed by atoms with Gasteiger partial charge in [-0.25, -0.2) is 4.39 Å². The van der Waals surface area contributed by atoms with Crippen LogP contribution in [0, 0.1) is 0 Å². The molecule has 3 N–H and O–H groups in total. The number of rotatable bonds is 2. The second kappa shape index (κ2) is 3.69. The highest BCUT2D eigenvalue weighted by atomic mass is 79.9. The first-order chi connectivity index (χ1) is 5.29. The standard InChI is InChI=1S/C7H8BrFN2/c8-7-5(4-9)2-1-3-6(7)11-10/h1-3,11H,4,10H2. The number of alkyl halides is 1. The minimum Gasteiger partial charge on any atom is -0.323 e. The summed E-state index contributed by atoms with van der Waals surface area (Å²) in [6.45, 7) is -0.490. The minimum atomic E-state index is -0.490. The van der Waals surface area contributed by atoms with E-state index in [9.17, 15) is 4.39 Å². The minimum absolute atomic E-state index is 0.490. The highest BCUT2D eigenvalue weighted by Gasteiger charge is 2.02. The SMILES string of the molecule is NNc1cccc(CF)c1Br. The van der Waals surface area contributed by atoms with Crippen molar-refractivity contribution in [2.45, 2.75) is 6.67 Å². The van der Waals surface area contributed by atoms with Crippen LogP contribution < -0.4 is 11.3 Å². The van der Waals surface area contributed by atoms with Crippen molar-refractivity contribution < 1.29 is 4.39 Å². The van der Waals surface area contributed by atoms with E-state index in [1.165, 1.54) is 0 Å². The zero-order chi connectivity index (χ0) is 8.27. The van der Waals surface area contributed by atoms with Gasteiger partial charge in [0.15, 0.2) is 0 Å². The lowest BCUT2D eigenvalue weighted by atomic mass is 10.2. The Balaban J connectivity index is 3.10. The van der Waals surface area contributed by atoms with Gasteiger partial charge in [0.2, 0.25) is 0 Å². The van der Waals surface area contributed by atoms with E-state index in [1.54, 1.807) is 18.2 Å². The number of nitrogens with one attached hydrogen (secondary N) is 1. The van der Waals surface area contributed by atoms with E-state index < -0.39 is 6.67 Å². The zero-order valence-corrected chi connectivity index (χ0v) is 7.36. The lowest BCUT2D eigenvalue weighted by Gasteiger charge is -2.05. The van der Waals surface area contributed by atoms with Crippen molar-refractivity contribution in [3.63, 3.8) is 0 Å². The van der Waals surface area contributed by atoms with Crippen LogP contribution in [0.4, 0.5) is 10.1 Å². The Morgan fingerprint density at radius 1 is 1.55 bits per heavy atom. The largest absolute Gasteiger partial charge is 0.323 e. The third-order valence-electron chi connectivity index (χ3n) is 1.38. The quantitative estimate of drug-likeness (QED) is 0.591. The van der Waals surface area contributed by atoms with Crippen molar-refractivity contribution in [2.24, 2.45) is 5.84 Å². The number of hydrazine groups is 1. The Hall–Kier alpha value is -0.610. The molecule has 0 bridgehead atoms. The molecule has 1 aromatic carbocycles. The van der Waals surface area contributed by atoms with Crippen LogP contribution in [0.5, 0.6) is 0 Å². The van der Waals surface area contributed by atoms with E-state index in [2.05, 4.69) is 21.4 Å². The summed E-state index contributed by atoms with van der Waals surface area (Å²) in [6, 6.07) is 5.21. The number of hydrogen-bond acceptors (Lipinski definition) is 2. The molecule has 0 radical (unpaired) electrons. The maximum absolute atomic E-state index is 12.2. The van der Waals surface area contributed by atoms with Crippen LogP contribution in [-0.4, -0.2) is 0 Å². The second-order valence-corrected chi connectivity index (χ2v) is 2.85. The van der Waals surface area contributed by atoms with Gasteiger partial charge in [-0.1, -0.05) is 12.1 Å². The molecule has 60 valence electrons. The van der Waals surface area contributed by atoms with Crippen LogP contribution in [0.15, 0.2) is 22.7 Å². The molecule has 0 saturated carbocycles. The summed E-state index contributed by atoms with van der Waals surface area (Å²) in [6.07, 6.45) is 0. The number of nitrogen functional groups attached to an aromatic ring is 1. The van der Waals surface area contributed by atoms with Crippen molar-refractivity contribution in [2.75, 3.05) is 5.43 Å². The molecule has 1 aromatic rings. The van der Waals surface area contributed by atoms with Crippen molar-refractivity contribution in [3.8, 4) is 0 Å². The Kier molecular flexibility index (Phi) is 2.84. The smallest absolute Gasteiger partial charge is 0.116 e. The van der Waals surface area contributed by atoms with Crippen LogP contribution >= 0.6 is 15.9 Å². The van der Waals surface area contributed by atoms with E-state index in [0.29, 0.717) is 15.7 Å². The third-order valence-corrected chi connectivity index (χ3v) is 2.31. The molecular weight excluding hydrogens is 211 g/mol. The van der Waals surface area contributed by atoms with Crippen LogP contribution in [0.1, 0.15) is 5.56 Å². The first-order valence-corrected chi connectivity index (χ1v) is 3.89. The number of nitrogens with two attached hydrogens (primary N) is 1. The Labute approximate surface area is 72.7 Å². The molecular formula is C7H8BrFN2. The Morgan fingerprint density at radius 3 is 2.82 bits per heavy atom. The Bertz CT molecular complexity index is 230. The number of benzene rings is 1. The molecule has 0 amide bonds. The molecule has 0 atom stereocenters. The van der Waals surface area contributed by atoms with E-state index in [1.807, 2.05) is 0 Å². The van der Waals surface area contributed by atoms with Crippen molar-refractivity contribution in [3.05, 3.63) is 28.2 Å². The number of anilines is 1. The fourth-order valence-electron chi connectivity index (χ4n) is 0.794. The molecule has 4 heteroatoms. The molecule has 11 heavy (non-hydrogen) atoms. The molecule has 0 heterocycles. The first-order valence-electron chi connectivity index (χ1n) is 3.09. The van der Waals surface area contributed by atoms with Crippen molar-refractivity contribution >= 4 is 21.6 Å². The predicted octanol–water partition coefficient (Wildman–Crippen LogP) is 2.20. The molecule has 0 aliphatic rings. The Morgan fingerprint density at radius 2 is 2.27 bits per heavy atom. The lowest BCUT2D eigenvalue weighted by molar-refractivity contribution is 0.484. The van der Waals surface area contributed by atoms with Gasteiger partial charge in [-0.3, -0.25) is 5.84 Å². The van der Waals surface area contributed by atoms with Crippen LogP contribution in [0.25, 0.3) is 0 Å². The summed E-state index contributed by atoms with van der Waals surface area (Å²) >= 11 is 3.22. The lowest BCUT2D eigenvalue weighted by Crippen LogP contribution is -2.07. The van der Waals surface area contributed by atoms with Gasteiger partial charge in [-0.05, 0) is 27.6 Å². The maximum atomic E-state index is 12.2. The van der Waals surface area contributed by atoms with E-state index in [-0.39, 0.29) is 0 Å². The summed E-state index contributed by atoms with van der Waals surface area (Å²) in [7, 11) is 0. The fourth-order valence-corrected chi connectivity index (χ4v) is 1.28. The molecule has 0 fully saturated rings. The summed E-state index contributed by atoms with van der Waals surface area (Å²) in [4.78, 5) is 0. The van der Waals surface area contributed by atoms with E-state index in [0.717, 1.165) is 0 Å². The van der Waals surface area contributed by atoms with E-state index in [4.69, 9.17) is 5.84 Å². The van der Waals surface area contributed by atoms with Gasteiger partial charge in [0.05, 0.1) is 5.69 Å². The normalized spacial score (nSPS) is 9.73. The van der Waals surface area contributed by atoms with Gasteiger partial charge in [0.25, 0.3) is 0 Å². The third kappa shape index (κ3) is 1.70. The van der Waals surface area contributed by atoms with Crippen molar-refractivity contribution in [1.29, 1.82) is 0 Å². The summed E-state index contributed by atoms with van der Waals surface area (Å²) in [5, 5.41) is 0. The van der Waals surface area contributed by atoms with Crippen LogP contribution in [-0.2, 0) is 6.67 Å². The van der Waals surface area contributed by atoms with Gasteiger partial charge < -0.3 is 5.43 Å². The van der Waals surface area contributed by atoms with Crippen molar-refractivity contribution in [1.82, 2.24) is 0 Å². The maximum Gasteiger partial charge on any atom is 0.116 e. The number of hydrogen-bond donors (Lipinski definition) is 2. The summed E-state index contributed by atoms with van der Waals surface area (Å²) < 4.78 is 12.9. The zero-order valence-electron chi connectivity index (χ0n) is 5.77. The molecule has 0 aromatic heterocycles. The fraction of sp³-hybridized carbons (Fsp3) is 0.143. The topological polar surface area (TPSA) is 38.0 Å². The summed E-state index contributed by atoms with van der Waals surface area (Å²) in [5.74, 6) is 5.17. The van der Waals surface area contributed by atoms with E-state index >= 15 is 0 Å². The molecule has 0 aliphatic heterocycles. The molecule has 0 spiro atoms.